The number of nitrogens with one attached hydrogen (secondary N) is 1. The summed E-state index contributed by atoms with van der Waals surface area (Å²) in [5.41, 5.74) is 2.71. The van der Waals surface area contributed by atoms with Crippen LogP contribution >= 0.6 is 11.6 Å². The Morgan fingerprint density at radius 1 is 1.13 bits per heavy atom. The van der Waals surface area contributed by atoms with Gasteiger partial charge in [0.05, 0.1) is 19.2 Å². The van der Waals surface area contributed by atoms with Gasteiger partial charge >= 0.3 is 0 Å². The highest BCUT2D eigenvalue weighted by molar-refractivity contribution is 6.32. The standard InChI is InChI=1S/C23H28ClN3O3/c1-26-9-11-27(12-10-26)16-18-5-4-6-19(13-18)25-22(28)8-7-17-14-20(24)23(30-3)21(15-17)29-2/h4-8,13-15H,9-12,16H2,1-3H3,(H,25,28). The SMILES string of the molecule is COc1cc(C=CC(=O)Nc2cccc(CN3CCN(C)CC3)c2)cc(Cl)c1OC. The number of methoxy groups -OCH3 is 2. The number of nitrogens with zero attached hydrogens (tertiary/aromatic N) is 2. The van der Waals surface area contributed by atoms with Crippen LogP contribution in [0.2, 0.25) is 5.02 Å². The average Bonchev–Trinajstić information content (AvgIpc) is 2.73. The molecule has 0 spiro atoms. The molecule has 0 radical (unpaired) electrons. The van der Waals surface area contributed by atoms with Gasteiger partial charge in [-0.1, -0.05) is 23.7 Å². The molecule has 160 valence electrons. The number of carbonyl (C=O) groups excluding carboxylic acids is 1. The molecular weight excluding hydrogens is 402 g/mol. The third kappa shape index (κ3) is 5.98. The molecule has 1 aliphatic rings. The molecule has 1 heterocycles. The molecular formula is C23H28ClN3O3. The minimum absolute atomic E-state index is 0.211. The van der Waals surface area contributed by atoms with Crippen molar-refractivity contribution in [2.45, 2.75) is 6.54 Å². The first kappa shape index (κ1) is 22.2. The van der Waals surface area contributed by atoms with Crippen molar-refractivity contribution >= 4 is 29.3 Å². The Kier molecular flexibility index (Phi) is 7.74. The van der Waals surface area contributed by atoms with E-state index in [1.807, 2.05) is 18.2 Å². The fraction of sp³-hybridized carbons (Fsp3) is 0.348. The van der Waals surface area contributed by atoms with Crippen molar-refractivity contribution < 1.29 is 14.3 Å². The van der Waals surface area contributed by atoms with Gasteiger partial charge in [0.2, 0.25) is 5.91 Å². The molecule has 30 heavy (non-hydrogen) atoms. The molecule has 3 rings (SSSR count). The van der Waals surface area contributed by atoms with Crippen molar-refractivity contribution in [3.05, 3.63) is 58.6 Å². The van der Waals surface area contributed by atoms with E-state index in [1.54, 1.807) is 25.3 Å². The second kappa shape index (κ2) is 10.5. The largest absolute Gasteiger partial charge is 0.493 e. The quantitative estimate of drug-likeness (QED) is 0.679. The highest BCUT2D eigenvalue weighted by atomic mass is 35.5. The van der Waals surface area contributed by atoms with Crippen molar-refractivity contribution in [2.75, 3.05) is 52.8 Å². The van der Waals surface area contributed by atoms with Gasteiger partial charge < -0.3 is 19.7 Å². The van der Waals surface area contributed by atoms with E-state index in [-0.39, 0.29) is 5.91 Å². The smallest absolute Gasteiger partial charge is 0.248 e. The van der Waals surface area contributed by atoms with Gasteiger partial charge in [0, 0.05) is 44.5 Å². The molecule has 1 amide bonds. The van der Waals surface area contributed by atoms with Crippen LogP contribution in [0.4, 0.5) is 5.69 Å². The molecule has 0 saturated carbocycles. The Hall–Kier alpha value is -2.54. The van der Waals surface area contributed by atoms with Crippen molar-refractivity contribution in [3.8, 4) is 11.5 Å². The van der Waals surface area contributed by atoms with Crippen LogP contribution in [0.3, 0.4) is 0 Å². The Labute approximate surface area is 183 Å². The van der Waals surface area contributed by atoms with Gasteiger partial charge in [-0.05, 0) is 48.5 Å². The zero-order chi connectivity index (χ0) is 21.5. The summed E-state index contributed by atoms with van der Waals surface area (Å²) in [5.74, 6) is 0.775. The fourth-order valence-corrected chi connectivity index (χ4v) is 3.70. The average molecular weight is 430 g/mol. The van der Waals surface area contributed by atoms with Crippen LogP contribution in [0.15, 0.2) is 42.5 Å². The van der Waals surface area contributed by atoms with E-state index in [9.17, 15) is 4.79 Å². The molecule has 0 aromatic heterocycles. The maximum absolute atomic E-state index is 12.4. The van der Waals surface area contributed by atoms with E-state index in [4.69, 9.17) is 21.1 Å². The van der Waals surface area contributed by atoms with Crippen molar-refractivity contribution in [2.24, 2.45) is 0 Å². The van der Waals surface area contributed by atoms with Gasteiger partial charge in [-0.25, -0.2) is 0 Å². The van der Waals surface area contributed by atoms with Crippen molar-refractivity contribution in [1.29, 1.82) is 0 Å². The normalized spacial score (nSPS) is 15.3. The number of benzene rings is 2. The number of amides is 1. The zero-order valence-corrected chi connectivity index (χ0v) is 18.4. The van der Waals surface area contributed by atoms with E-state index in [0.29, 0.717) is 16.5 Å². The zero-order valence-electron chi connectivity index (χ0n) is 17.7. The second-order valence-corrected chi connectivity index (χ2v) is 7.75. The first-order chi connectivity index (χ1) is 14.5. The number of hydrogen-bond donors (Lipinski definition) is 1. The summed E-state index contributed by atoms with van der Waals surface area (Å²) < 4.78 is 10.5. The molecule has 0 atom stereocenters. The number of hydrogen-bond acceptors (Lipinski definition) is 5. The minimum Gasteiger partial charge on any atom is -0.493 e. The Morgan fingerprint density at radius 2 is 1.90 bits per heavy atom. The number of carbonyl (C=O) groups is 1. The van der Waals surface area contributed by atoms with Crippen LogP contribution in [0.1, 0.15) is 11.1 Å². The number of rotatable bonds is 7. The maximum Gasteiger partial charge on any atom is 0.248 e. The molecule has 0 unspecified atom stereocenters. The van der Waals surface area contributed by atoms with Gasteiger partial charge in [0.25, 0.3) is 0 Å². The number of ether oxygens (including phenoxy) is 2. The van der Waals surface area contributed by atoms with E-state index in [1.165, 1.54) is 18.7 Å². The molecule has 1 fully saturated rings. The maximum atomic E-state index is 12.4. The van der Waals surface area contributed by atoms with Crippen LogP contribution in [0.5, 0.6) is 11.5 Å². The van der Waals surface area contributed by atoms with Gasteiger partial charge in [-0.3, -0.25) is 9.69 Å². The monoisotopic (exact) mass is 429 g/mol. The molecule has 6 nitrogen and oxygen atoms in total. The van der Waals surface area contributed by atoms with E-state index >= 15 is 0 Å². The summed E-state index contributed by atoms with van der Waals surface area (Å²) in [6.45, 7) is 5.17. The fourth-order valence-electron chi connectivity index (χ4n) is 3.40. The molecule has 0 bridgehead atoms. The molecule has 2 aromatic carbocycles. The lowest BCUT2D eigenvalue weighted by molar-refractivity contribution is -0.111. The van der Waals surface area contributed by atoms with Crippen LogP contribution in [0, 0.1) is 0 Å². The molecule has 1 saturated heterocycles. The predicted molar refractivity (Wildman–Crippen MR) is 121 cm³/mol. The number of piperazine rings is 1. The van der Waals surface area contributed by atoms with Crippen LogP contribution < -0.4 is 14.8 Å². The van der Waals surface area contributed by atoms with Gasteiger partial charge in [-0.15, -0.1) is 0 Å². The molecule has 1 N–H and O–H groups in total. The Morgan fingerprint density at radius 3 is 2.60 bits per heavy atom. The van der Waals surface area contributed by atoms with Gasteiger partial charge in [0.15, 0.2) is 11.5 Å². The van der Waals surface area contributed by atoms with Crippen LogP contribution in [-0.4, -0.2) is 63.2 Å². The molecule has 7 heteroatoms. The van der Waals surface area contributed by atoms with Gasteiger partial charge in [0.1, 0.15) is 0 Å². The Balaban J connectivity index is 1.61. The summed E-state index contributed by atoms with van der Waals surface area (Å²) in [7, 11) is 5.23. The summed E-state index contributed by atoms with van der Waals surface area (Å²) in [4.78, 5) is 17.2. The number of halogens is 1. The lowest BCUT2D eigenvalue weighted by Crippen LogP contribution is -2.43. The van der Waals surface area contributed by atoms with E-state index in [2.05, 4.69) is 28.2 Å². The highest BCUT2D eigenvalue weighted by Crippen LogP contribution is 2.36. The Bertz CT molecular complexity index is 909. The topological polar surface area (TPSA) is 54.0 Å². The summed E-state index contributed by atoms with van der Waals surface area (Å²) >= 11 is 6.22. The minimum atomic E-state index is -0.211. The number of anilines is 1. The highest BCUT2D eigenvalue weighted by Gasteiger charge is 2.14. The summed E-state index contributed by atoms with van der Waals surface area (Å²) in [5, 5.41) is 3.35. The lowest BCUT2D eigenvalue weighted by atomic mass is 10.1. The predicted octanol–water partition coefficient (Wildman–Crippen LogP) is 3.76. The van der Waals surface area contributed by atoms with Crippen LogP contribution in [-0.2, 0) is 11.3 Å². The van der Waals surface area contributed by atoms with E-state index in [0.717, 1.165) is 44.0 Å². The lowest BCUT2D eigenvalue weighted by Gasteiger charge is -2.32. The van der Waals surface area contributed by atoms with E-state index < -0.39 is 0 Å². The first-order valence-electron chi connectivity index (χ1n) is 9.89. The third-order valence-corrected chi connectivity index (χ3v) is 5.36. The second-order valence-electron chi connectivity index (χ2n) is 7.34. The molecule has 0 aliphatic carbocycles. The first-order valence-corrected chi connectivity index (χ1v) is 10.3. The third-order valence-electron chi connectivity index (χ3n) is 5.08. The van der Waals surface area contributed by atoms with Gasteiger partial charge in [-0.2, -0.15) is 0 Å². The summed E-state index contributed by atoms with van der Waals surface area (Å²) in [6, 6.07) is 11.5. The molecule has 1 aliphatic heterocycles. The summed E-state index contributed by atoms with van der Waals surface area (Å²) in [6.07, 6.45) is 3.17. The van der Waals surface area contributed by atoms with Crippen molar-refractivity contribution in [3.63, 3.8) is 0 Å². The number of likely N-dealkylation sites (N-methyl/N-ethyl adjacent to an activating group) is 1. The van der Waals surface area contributed by atoms with Crippen LogP contribution in [0.25, 0.3) is 6.08 Å². The molecule has 2 aromatic rings. The van der Waals surface area contributed by atoms with Crippen molar-refractivity contribution in [1.82, 2.24) is 9.80 Å².